The summed E-state index contributed by atoms with van der Waals surface area (Å²) in [5, 5.41) is 17.5. The van der Waals surface area contributed by atoms with E-state index >= 15 is 0 Å². The molecule has 0 bridgehead atoms. The van der Waals surface area contributed by atoms with Gasteiger partial charge in [-0.1, -0.05) is 0 Å². The number of rotatable bonds is 1. The fourth-order valence-electron chi connectivity index (χ4n) is 3.27. The Morgan fingerprint density at radius 3 is 2.81 bits per heavy atom. The number of nitrogens with zero attached hydrogens (tertiary/aromatic N) is 4. The highest BCUT2D eigenvalue weighted by molar-refractivity contribution is 5.37. The van der Waals surface area contributed by atoms with Gasteiger partial charge in [-0.3, -0.25) is 0 Å². The molecule has 0 radical (unpaired) electrons. The fraction of sp³-hybridized carbons (Fsp3) is 0.583. The molecule has 2 aliphatic heterocycles. The molecular formula is C12H13F3N6. The smallest absolute Gasteiger partial charge is 0.316 e. The quantitative estimate of drug-likeness (QED) is 0.808. The van der Waals surface area contributed by atoms with Crippen LogP contribution < -0.4 is 10.6 Å². The molecule has 0 saturated carbocycles. The van der Waals surface area contributed by atoms with Crippen molar-refractivity contribution in [2.24, 2.45) is 11.8 Å². The predicted octanol–water partition coefficient (Wildman–Crippen LogP) is 0.623. The molecule has 2 N–H and O–H groups in total. The van der Waals surface area contributed by atoms with Crippen LogP contribution in [0.2, 0.25) is 0 Å². The van der Waals surface area contributed by atoms with Crippen molar-refractivity contribution in [3.8, 4) is 0 Å². The Morgan fingerprint density at radius 1 is 1.14 bits per heavy atom. The van der Waals surface area contributed by atoms with E-state index in [9.17, 15) is 13.2 Å². The average Bonchev–Trinajstić information content (AvgIpc) is 3.11. The zero-order valence-corrected chi connectivity index (χ0v) is 10.9. The number of halogens is 3. The largest absolute Gasteiger partial charge is 0.453 e. The van der Waals surface area contributed by atoms with Crippen molar-refractivity contribution in [3.05, 3.63) is 23.7 Å². The van der Waals surface area contributed by atoms with E-state index in [1.54, 1.807) is 6.07 Å². The van der Waals surface area contributed by atoms with Gasteiger partial charge in [0.15, 0.2) is 5.65 Å². The SMILES string of the molecule is FC(F)(F)c1nnc2ccc(C3NCC4CNCC43)nn12. The van der Waals surface area contributed by atoms with E-state index in [0.29, 0.717) is 17.5 Å². The number of nitrogens with one attached hydrogen (secondary N) is 2. The van der Waals surface area contributed by atoms with Crippen LogP contribution in [0, 0.1) is 11.8 Å². The van der Waals surface area contributed by atoms with Gasteiger partial charge >= 0.3 is 6.18 Å². The highest BCUT2D eigenvalue weighted by Crippen LogP contribution is 2.35. The zero-order valence-electron chi connectivity index (χ0n) is 10.9. The molecule has 0 spiro atoms. The maximum atomic E-state index is 12.9. The third-order valence-electron chi connectivity index (χ3n) is 4.28. The molecule has 4 rings (SSSR count). The van der Waals surface area contributed by atoms with Gasteiger partial charge in [0, 0.05) is 13.1 Å². The van der Waals surface area contributed by atoms with Gasteiger partial charge in [0.25, 0.3) is 5.82 Å². The lowest BCUT2D eigenvalue weighted by molar-refractivity contribution is -0.146. The van der Waals surface area contributed by atoms with Crippen LogP contribution in [0.5, 0.6) is 0 Å². The summed E-state index contributed by atoms with van der Waals surface area (Å²) >= 11 is 0. The molecule has 21 heavy (non-hydrogen) atoms. The normalized spacial score (nSPS) is 29.2. The van der Waals surface area contributed by atoms with Crippen molar-refractivity contribution < 1.29 is 13.2 Å². The minimum Gasteiger partial charge on any atom is -0.316 e. The lowest BCUT2D eigenvalue weighted by atomic mass is 9.92. The summed E-state index contributed by atoms with van der Waals surface area (Å²) < 4.78 is 39.4. The minimum absolute atomic E-state index is 0.0297. The fourth-order valence-corrected chi connectivity index (χ4v) is 3.27. The minimum atomic E-state index is -4.56. The number of hydrogen-bond acceptors (Lipinski definition) is 5. The summed E-state index contributed by atoms with van der Waals surface area (Å²) in [5.74, 6) is -0.213. The van der Waals surface area contributed by atoms with Gasteiger partial charge in [0.2, 0.25) is 0 Å². The maximum Gasteiger partial charge on any atom is 0.453 e. The van der Waals surface area contributed by atoms with Crippen LogP contribution in [0.4, 0.5) is 13.2 Å². The summed E-state index contributed by atoms with van der Waals surface area (Å²) in [7, 11) is 0. The second-order valence-electron chi connectivity index (χ2n) is 5.52. The summed E-state index contributed by atoms with van der Waals surface area (Å²) in [6, 6.07) is 3.22. The summed E-state index contributed by atoms with van der Waals surface area (Å²) in [6.45, 7) is 2.66. The third-order valence-corrected chi connectivity index (χ3v) is 4.28. The van der Waals surface area contributed by atoms with E-state index in [1.165, 1.54) is 6.07 Å². The van der Waals surface area contributed by atoms with Gasteiger partial charge in [0.05, 0.1) is 11.7 Å². The summed E-state index contributed by atoms with van der Waals surface area (Å²) in [5.41, 5.74) is 0.703. The van der Waals surface area contributed by atoms with Crippen LogP contribution >= 0.6 is 0 Å². The summed E-state index contributed by atoms with van der Waals surface area (Å²) in [6.07, 6.45) is -4.56. The maximum absolute atomic E-state index is 12.9. The predicted molar refractivity (Wildman–Crippen MR) is 66.4 cm³/mol. The van der Waals surface area contributed by atoms with E-state index in [2.05, 4.69) is 25.9 Å². The second kappa shape index (κ2) is 4.38. The highest BCUT2D eigenvalue weighted by atomic mass is 19.4. The van der Waals surface area contributed by atoms with E-state index < -0.39 is 12.0 Å². The lowest BCUT2D eigenvalue weighted by Gasteiger charge is -2.17. The van der Waals surface area contributed by atoms with Gasteiger partial charge in [-0.2, -0.15) is 22.8 Å². The van der Waals surface area contributed by atoms with E-state index in [4.69, 9.17) is 0 Å². The molecule has 3 atom stereocenters. The molecule has 4 heterocycles. The van der Waals surface area contributed by atoms with Crippen molar-refractivity contribution in [1.82, 2.24) is 30.4 Å². The molecule has 2 aromatic heterocycles. The number of alkyl halides is 3. The Labute approximate surface area is 117 Å². The monoisotopic (exact) mass is 298 g/mol. The molecule has 2 aliphatic rings. The number of hydrogen-bond donors (Lipinski definition) is 2. The molecular weight excluding hydrogens is 285 g/mol. The van der Waals surface area contributed by atoms with Gasteiger partial charge in [-0.05, 0) is 30.5 Å². The van der Waals surface area contributed by atoms with Crippen molar-refractivity contribution in [2.75, 3.05) is 19.6 Å². The van der Waals surface area contributed by atoms with Crippen molar-refractivity contribution in [3.63, 3.8) is 0 Å². The lowest BCUT2D eigenvalue weighted by Crippen LogP contribution is -2.25. The Bertz CT molecular complexity index is 681. The van der Waals surface area contributed by atoms with Crippen LogP contribution in [0.3, 0.4) is 0 Å². The molecule has 3 unspecified atom stereocenters. The van der Waals surface area contributed by atoms with Gasteiger partial charge < -0.3 is 10.6 Å². The molecule has 6 nitrogen and oxygen atoms in total. The van der Waals surface area contributed by atoms with Crippen molar-refractivity contribution in [2.45, 2.75) is 12.2 Å². The molecule has 2 fully saturated rings. The van der Waals surface area contributed by atoms with Crippen LogP contribution in [-0.4, -0.2) is 39.4 Å². The van der Waals surface area contributed by atoms with Crippen LogP contribution in [0.25, 0.3) is 5.65 Å². The van der Waals surface area contributed by atoms with Crippen LogP contribution in [-0.2, 0) is 6.18 Å². The Balaban J connectivity index is 1.76. The molecule has 0 aliphatic carbocycles. The van der Waals surface area contributed by atoms with Crippen LogP contribution in [0.15, 0.2) is 12.1 Å². The molecule has 112 valence electrons. The third kappa shape index (κ3) is 1.99. The number of fused-ring (bicyclic) bond motifs is 2. The summed E-state index contributed by atoms with van der Waals surface area (Å²) in [4.78, 5) is 0. The molecule has 9 heteroatoms. The standard InChI is InChI=1S/C12H13F3N6/c13-12(14,15)11-19-18-9-2-1-8(20-21(9)11)10-7-5-16-3-6(7)4-17-10/h1-2,6-7,10,16-17H,3-5H2. The van der Waals surface area contributed by atoms with Gasteiger partial charge in [0.1, 0.15) is 0 Å². The second-order valence-corrected chi connectivity index (χ2v) is 5.52. The van der Waals surface area contributed by atoms with Gasteiger partial charge in [-0.15, -0.1) is 10.2 Å². The Kier molecular flexibility index (Phi) is 2.70. The van der Waals surface area contributed by atoms with E-state index in [1.807, 2.05) is 0 Å². The first-order chi connectivity index (χ1) is 10.0. The van der Waals surface area contributed by atoms with E-state index in [0.717, 1.165) is 24.1 Å². The van der Waals surface area contributed by atoms with Crippen molar-refractivity contribution in [1.29, 1.82) is 0 Å². The molecule has 2 saturated heterocycles. The Hall–Kier alpha value is -1.74. The van der Waals surface area contributed by atoms with Crippen molar-refractivity contribution >= 4 is 5.65 Å². The first-order valence-electron chi connectivity index (χ1n) is 6.78. The number of aromatic nitrogens is 4. The topological polar surface area (TPSA) is 67.1 Å². The highest BCUT2D eigenvalue weighted by Gasteiger charge is 2.41. The molecule has 0 aromatic carbocycles. The van der Waals surface area contributed by atoms with E-state index in [-0.39, 0.29) is 11.7 Å². The molecule has 2 aromatic rings. The Morgan fingerprint density at radius 2 is 2.00 bits per heavy atom. The molecule has 0 amide bonds. The first-order valence-corrected chi connectivity index (χ1v) is 6.78. The average molecular weight is 298 g/mol. The zero-order chi connectivity index (χ0) is 14.6. The first kappa shape index (κ1) is 13.0. The van der Waals surface area contributed by atoms with Crippen LogP contribution in [0.1, 0.15) is 17.6 Å². The van der Waals surface area contributed by atoms with Gasteiger partial charge in [-0.25, -0.2) is 0 Å².